The zero-order chi connectivity index (χ0) is 24.9. The highest BCUT2D eigenvalue weighted by Crippen LogP contribution is 2.30. The number of aromatic nitrogens is 2. The van der Waals surface area contributed by atoms with Crippen LogP contribution in [0.5, 0.6) is 0 Å². The molecule has 1 fully saturated rings. The van der Waals surface area contributed by atoms with Gasteiger partial charge in [0.1, 0.15) is 11.6 Å². The second-order valence-electron chi connectivity index (χ2n) is 10.1. The number of fused-ring (bicyclic) bond motifs is 1. The van der Waals surface area contributed by atoms with E-state index < -0.39 is 0 Å². The van der Waals surface area contributed by atoms with E-state index in [9.17, 15) is 4.79 Å². The first-order valence-electron chi connectivity index (χ1n) is 12.9. The summed E-state index contributed by atoms with van der Waals surface area (Å²) in [7, 11) is 4.02. The first-order valence-corrected chi connectivity index (χ1v) is 12.9. The van der Waals surface area contributed by atoms with Gasteiger partial charge in [-0.15, -0.1) is 0 Å². The smallest absolute Gasteiger partial charge is 0.225 e. The highest BCUT2D eigenvalue weighted by Gasteiger charge is 2.24. The minimum atomic E-state index is 0.340. The fourth-order valence-electron chi connectivity index (χ4n) is 5.23. The van der Waals surface area contributed by atoms with Crippen LogP contribution in [-0.2, 0) is 11.2 Å². The van der Waals surface area contributed by atoms with Gasteiger partial charge in [-0.1, -0.05) is 66.7 Å². The molecule has 1 aromatic heterocycles. The Balaban J connectivity index is 1.12. The summed E-state index contributed by atoms with van der Waals surface area (Å²) < 4.78 is 0. The number of hydrogen-bond acceptors (Lipinski definition) is 5. The topological polar surface area (TPSA) is 58.1 Å². The number of benzene rings is 3. The largest absolute Gasteiger partial charge is 0.362 e. The molecule has 184 valence electrons. The molecular weight excluding hydrogens is 444 g/mol. The minimum Gasteiger partial charge on any atom is -0.362 e. The van der Waals surface area contributed by atoms with Gasteiger partial charge in [-0.25, -0.2) is 4.98 Å². The van der Waals surface area contributed by atoms with Crippen molar-refractivity contribution < 1.29 is 4.79 Å². The van der Waals surface area contributed by atoms with Gasteiger partial charge in [-0.3, -0.25) is 4.79 Å². The number of nitrogens with zero attached hydrogens (tertiary/aromatic N) is 3. The summed E-state index contributed by atoms with van der Waals surface area (Å²) in [5, 5.41) is 4.63. The summed E-state index contributed by atoms with van der Waals surface area (Å²) in [5.74, 6) is 2.43. The summed E-state index contributed by atoms with van der Waals surface area (Å²) >= 11 is 0. The molecule has 36 heavy (non-hydrogen) atoms. The molecule has 0 saturated heterocycles. The van der Waals surface area contributed by atoms with Crippen molar-refractivity contribution in [3.63, 3.8) is 0 Å². The number of para-hydroxylation sites is 1. The second kappa shape index (κ2) is 10.9. The van der Waals surface area contributed by atoms with Gasteiger partial charge in [-0.2, -0.15) is 4.98 Å². The maximum absolute atomic E-state index is 12.8. The van der Waals surface area contributed by atoms with Crippen LogP contribution in [0.3, 0.4) is 0 Å². The van der Waals surface area contributed by atoms with E-state index in [1.54, 1.807) is 0 Å². The molecule has 1 saturated carbocycles. The third-order valence-corrected chi connectivity index (χ3v) is 7.17. The molecule has 3 aromatic carbocycles. The van der Waals surface area contributed by atoms with Crippen molar-refractivity contribution in [3.05, 3.63) is 84.4 Å². The van der Waals surface area contributed by atoms with Crippen LogP contribution in [0.1, 0.15) is 37.7 Å². The molecule has 0 aliphatic heterocycles. The van der Waals surface area contributed by atoms with Crippen molar-refractivity contribution in [2.45, 2.75) is 44.6 Å². The Morgan fingerprint density at radius 3 is 2.22 bits per heavy atom. The molecule has 0 radical (unpaired) electrons. The van der Waals surface area contributed by atoms with Crippen molar-refractivity contribution in [2.24, 2.45) is 5.92 Å². The molecule has 0 unspecified atom stereocenters. The number of Topliss-reactive ketones (excluding diaryl/α,β-unsaturated/α-hetero) is 1. The van der Waals surface area contributed by atoms with Crippen molar-refractivity contribution in [2.75, 3.05) is 24.3 Å². The molecule has 1 aliphatic rings. The van der Waals surface area contributed by atoms with Crippen molar-refractivity contribution in [1.29, 1.82) is 0 Å². The lowest BCUT2D eigenvalue weighted by atomic mass is 9.82. The monoisotopic (exact) mass is 478 g/mol. The van der Waals surface area contributed by atoms with Crippen LogP contribution in [0.15, 0.2) is 78.9 Å². The van der Waals surface area contributed by atoms with Gasteiger partial charge in [0.2, 0.25) is 5.95 Å². The lowest BCUT2D eigenvalue weighted by Gasteiger charge is -2.29. The van der Waals surface area contributed by atoms with Gasteiger partial charge in [-0.05, 0) is 60.4 Å². The van der Waals surface area contributed by atoms with Crippen LogP contribution in [0.25, 0.3) is 22.0 Å². The molecule has 5 heteroatoms. The van der Waals surface area contributed by atoms with E-state index in [2.05, 4.69) is 47.8 Å². The summed E-state index contributed by atoms with van der Waals surface area (Å²) in [6.07, 6.45) is 5.39. The molecule has 0 spiro atoms. The molecule has 0 atom stereocenters. The Kier molecular flexibility index (Phi) is 7.26. The molecule has 1 N–H and O–H groups in total. The first kappa shape index (κ1) is 24.0. The van der Waals surface area contributed by atoms with E-state index in [4.69, 9.17) is 9.97 Å². The molecule has 5 nitrogen and oxygen atoms in total. The standard InChI is InChI=1S/C31H34N4O/c1-35(2)30-28-10-6-7-11-29(28)33-31(34-30)32-26-18-14-23(15-19-26)21-27(36)20-22-12-16-25(17-13-22)24-8-4-3-5-9-24/h3-13,16-17,23,26H,14-15,18-21H2,1-2H3,(H,32,33,34). The van der Waals surface area contributed by atoms with Crippen molar-refractivity contribution in [1.82, 2.24) is 9.97 Å². The van der Waals surface area contributed by atoms with Gasteiger partial charge >= 0.3 is 0 Å². The molecule has 5 rings (SSSR count). The predicted molar refractivity (Wildman–Crippen MR) is 148 cm³/mol. The van der Waals surface area contributed by atoms with Gasteiger partial charge < -0.3 is 10.2 Å². The molecule has 0 amide bonds. The lowest BCUT2D eigenvalue weighted by Crippen LogP contribution is -2.28. The van der Waals surface area contributed by atoms with E-state index in [1.165, 1.54) is 11.1 Å². The highest BCUT2D eigenvalue weighted by atomic mass is 16.1. The van der Waals surface area contributed by atoms with E-state index in [0.29, 0.717) is 36.5 Å². The van der Waals surface area contributed by atoms with Gasteiger partial charge in [0.25, 0.3) is 0 Å². The van der Waals surface area contributed by atoms with Crippen LogP contribution in [0.2, 0.25) is 0 Å². The van der Waals surface area contributed by atoms with E-state index in [0.717, 1.165) is 48.0 Å². The maximum atomic E-state index is 12.8. The third kappa shape index (κ3) is 5.73. The van der Waals surface area contributed by atoms with Gasteiger partial charge in [0, 0.05) is 38.4 Å². The van der Waals surface area contributed by atoms with Crippen molar-refractivity contribution in [3.8, 4) is 11.1 Å². The zero-order valence-electron chi connectivity index (χ0n) is 21.2. The molecule has 0 bridgehead atoms. The van der Waals surface area contributed by atoms with Crippen LogP contribution >= 0.6 is 0 Å². The first-order chi connectivity index (χ1) is 17.5. The summed E-state index contributed by atoms with van der Waals surface area (Å²) in [5.41, 5.74) is 4.44. The Hall–Kier alpha value is -3.73. The molecule has 1 heterocycles. The Bertz CT molecular complexity index is 1310. The average molecular weight is 479 g/mol. The summed E-state index contributed by atoms with van der Waals surface area (Å²) in [6, 6.07) is 27.2. The zero-order valence-corrected chi connectivity index (χ0v) is 21.2. The number of carbonyl (C=O) groups excluding carboxylic acids is 1. The van der Waals surface area contributed by atoms with Gasteiger partial charge in [0.15, 0.2) is 0 Å². The number of nitrogens with one attached hydrogen (secondary N) is 1. The molecule has 4 aromatic rings. The molecule has 1 aliphatic carbocycles. The van der Waals surface area contributed by atoms with Crippen molar-refractivity contribution >= 4 is 28.5 Å². The number of anilines is 2. The van der Waals surface area contributed by atoms with Crippen LogP contribution in [0, 0.1) is 5.92 Å². The van der Waals surface area contributed by atoms with Crippen LogP contribution in [0.4, 0.5) is 11.8 Å². The average Bonchev–Trinajstić information content (AvgIpc) is 2.90. The predicted octanol–water partition coefficient (Wildman–Crippen LogP) is 6.54. The fraction of sp³-hybridized carbons (Fsp3) is 0.323. The molecular formula is C31H34N4O. The Morgan fingerprint density at radius 2 is 1.50 bits per heavy atom. The minimum absolute atomic E-state index is 0.340. The van der Waals surface area contributed by atoms with Crippen LogP contribution < -0.4 is 10.2 Å². The number of carbonyl (C=O) groups is 1. The fourth-order valence-corrected chi connectivity index (χ4v) is 5.23. The number of hydrogen-bond donors (Lipinski definition) is 1. The SMILES string of the molecule is CN(C)c1nc(NC2CCC(CC(=O)Cc3ccc(-c4ccccc4)cc3)CC2)nc2ccccc12. The third-order valence-electron chi connectivity index (χ3n) is 7.17. The lowest BCUT2D eigenvalue weighted by molar-refractivity contribution is -0.119. The normalized spacial score (nSPS) is 17.6. The van der Waals surface area contributed by atoms with E-state index in [1.807, 2.05) is 55.4 Å². The maximum Gasteiger partial charge on any atom is 0.225 e. The number of ketones is 1. The van der Waals surface area contributed by atoms with Crippen LogP contribution in [-0.4, -0.2) is 35.9 Å². The number of rotatable bonds is 8. The van der Waals surface area contributed by atoms with Gasteiger partial charge in [0.05, 0.1) is 5.52 Å². The summed E-state index contributed by atoms with van der Waals surface area (Å²) in [6.45, 7) is 0. The Labute approximate surface area is 213 Å². The van der Waals surface area contributed by atoms with E-state index in [-0.39, 0.29) is 0 Å². The van der Waals surface area contributed by atoms with E-state index >= 15 is 0 Å². The highest BCUT2D eigenvalue weighted by molar-refractivity contribution is 5.90. The quantitative estimate of drug-likeness (QED) is 0.312. The summed E-state index contributed by atoms with van der Waals surface area (Å²) in [4.78, 5) is 24.4. The second-order valence-corrected chi connectivity index (χ2v) is 10.1. The Morgan fingerprint density at radius 1 is 0.833 bits per heavy atom.